The van der Waals surface area contributed by atoms with Crippen molar-refractivity contribution >= 4 is 23.2 Å². The summed E-state index contributed by atoms with van der Waals surface area (Å²) in [6.07, 6.45) is 1.57. The quantitative estimate of drug-likeness (QED) is 0.838. The summed E-state index contributed by atoms with van der Waals surface area (Å²) in [6, 6.07) is 8.16. The van der Waals surface area contributed by atoms with Crippen LogP contribution in [0.2, 0.25) is 5.02 Å². The standard InChI is InChI=1S/C13H13ClN2O2/c1-8(12-3-2-6-18-12)16-13(17)9-4-5-11(15)10(14)7-9/h2-8H,15H2,1H3,(H,16,17)/t8-/m1/s1. The zero-order valence-electron chi connectivity index (χ0n) is 9.81. The molecular formula is C13H13ClN2O2. The third-order valence-corrected chi connectivity index (χ3v) is 2.91. The average Bonchev–Trinajstić information content (AvgIpc) is 2.86. The zero-order valence-corrected chi connectivity index (χ0v) is 10.6. The molecule has 0 aliphatic carbocycles. The fraction of sp³-hybridized carbons (Fsp3) is 0.154. The summed E-state index contributed by atoms with van der Waals surface area (Å²) in [5.41, 5.74) is 6.51. The fourth-order valence-corrected chi connectivity index (χ4v) is 1.74. The third kappa shape index (κ3) is 2.65. The van der Waals surface area contributed by atoms with Crippen molar-refractivity contribution in [3.63, 3.8) is 0 Å². The van der Waals surface area contributed by atoms with E-state index in [-0.39, 0.29) is 11.9 Å². The van der Waals surface area contributed by atoms with Crippen molar-refractivity contribution in [2.45, 2.75) is 13.0 Å². The van der Waals surface area contributed by atoms with Gasteiger partial charge in [0.1, 0.15) is 5.76 Å². The molecule has 18 heavy (non-hydrogen) atoms. The Hall–Kier alpha value is -1.94. The summed E-state index contributed by atoms with van der Waals surface area (Å²) >= 11 is 5.87. The normalized spacial score (nSPS) is 12.1. The van der Waals surface area contributed by atoms with Crippen LogP contribution in [0.15, 0.2) is 41.0 Å². The number of amides is 1. The lowest BCUT2D eigenvalue weighted by Crippen LogP contribution is -2.26. The smallest absolute Gasteiger partial charge is 0.251 e. The Balaban J connectivity index is 2.10. The molecule has 0 unspecified atom stereocenters. The Morgan fingerprint density at radius 1 is 1.44 bits per heavy atom. The van der Waals surface area contributed by atoms with Crippen LogP contribution in [0.1, 0.15) is 29.1 Å². The van der Waals surface area contributed by atoms with Gasteiger partial charge in [0.25, 0.3) is 5.91 Å². The Labute approximate surface area is 110 Å². The van der Waals surface area contributed by atoms with Gasteiger partial charge in [-0.25, -0.2) is 0 Å². The maximum atomic E-state index is 12.0. The van der Waals surface area contributed by atoms with Crippen molar-refractivity contribution in [2.24, 2.45) is 0 Å². The molecule has 5 heteroatoms. The van der Waals surface area contributed by atoms with Gasteiger partial charge in [0, 0.05) is 5.56 Å². The minimum atomic E-state index is -0.221. The van der Waals surface area contributed by atoms with Crippen molar-refractivity contribution in [3.05, 3.63) is 52.9 Å². The predicted octanol–water partition coefficient (Wildman–Crippen LogP) is 3.01. The van der Waals surface area contributed by atoms with Gasteiger partial charge in [-0.05, 0) is 37.3 Å². The van der Waals surface area contributed by atoms with Crippen LogP contribution < -0.4 is 11.1 Å². The first-order chi connectivity index (χ1) is 8.58. The molecule has 0 radical (unpaired) electrons. The number of benzene rings is 1. The number of hydrogen-bond acceptors (Lipinski definition) is 3. The minimum Gasteiger partial charge on any atom is -0.467 e. The molecule has 0 saturated heterocycles. The van der Waals surface area contributed by atoms with Gasteiger partial charge in [-0.3, -0.25) is 4.79 Å². The number of anilines is 1. The van der Waals surface area contributed by atoms with Crippen LogP contribution in [-0.4, -0.2) is 5.91 Å². The Bertz CT molecular complexity index is 552. The van der Waals surface area contributed by atoms with E-state index in [1.165, 1.54) is 0 Å². The summed E-state index contributed by atoms with van der Waals surface area (Å²) in [5.74, 6) is 0.477. The van der Waals surface area contributed by atoms with Gasteiger partial charge >= 0.3 is 0 Å². The third-order valence-electron chi connectivity index (χ3n) is 2.58. The number of carbonyl (C=O) groups excluding carboxylic acids is 1. The number of furan rings is 1. The highest BCUT2D eigenvalue weighted by Gasteiger charge is 2.13. The fourth-order valence-electron chi connectivity index (χ4n) is 1.56. The van der Waals surface area contributed by atoms with Crippen LogP contribution in [0.4, 0.5) is 5.69 Å². The maximum absolute atomic E-state index is 12.0. The molecule has 1 heterocycles. The van der Waals surface area contributed by atoms with Crippen molar-refractivity contribution < 1.29 is 9.21 Å². The molecule has 2 aromatic rings. The molecule has 1 amide bonds. The first-order valence-electron chi connectivity index (χ1n) is 5.47. The molecule has 0 bridgehead atoms. The van der Waals surface area contributed by atoms with Crippen LogP contribution in [-0.2, 0) is 0 Å². The molecule has 0 spiro atoms. The van der Waals surface area contributed by atoms with Gasteiger partial charge in [-0.1, -0.05) is 11.6 Å². The number of rotatable bonds is 3. The van der Waals surface area contributed by atoms with Crippen molar-refractivity contribution in [3.8, 4) is 0 Å². The van der Waals surface area contributed by atoms with Gasteiger partial charge in [-0.2, -0.15) is 0 Å². The van der Waals surface area contributed by atoms with E-state index >= 15 is 0 Å². The summed E-state index contributed by atoms with van der Waals surface area (Å²) in [5, 5.41) is 3.18. The highest BCUT2D eigenvalue weighted by atomic mass is 35.5. The summed E-state index contributed by atoms with van der Waals surface area (Å²) in [4.78, 5) is 12.0. The van der Waals surface area contributed by atoms with Crippen LogP contribution in [0, 0.1) is 0 Å². The van der Waals surface area contributed by atoms with E-state index in [4.69, 9.17) is 21.8 Å². The highest BCUT2D eigenvalue weighted by molar-refractivity contribution is 6.33. The topological polar surface area (TPSA) is 68.3 Å². The molecular weight excluding hydrogens is 252 g/mol. The van der Waals surface area contributed by atoms with Gasteiger partial charge < -0.3 is 15.5 Å². The number of halogens is 1. The van der Waals surface area contributed by atoms with E-state index < -0.39 is 0 Å². The number of nitrogens with one attached hydrogen (secondary N) is 1. The molecule has 2 rings (SSSR count). The van der Waals surface area contributed by atoms with Crippen molar-refractivity contribution in [1.29, 1.82) is 0 Å². The first-order valence-corrected chi connectivity index (χ1v) is 5.85. The molecule has 0 aliphatic heterocycles. The lowest BCUT2D eigenvalue weighted by atomic mass is 10.1. The van der Waals surface area contributed by atoms with Crippen LogP contribution >= 0.6 is 11.6 Å². The monoisotopic (exact) mass is 264 g/mol. The zero-order chi connectivity index (χ0) is 13.1. The number of carbonyl (C=O) groups is 1. The van der Waals surface area contributed by atoms with Crippen LogP contribution in [0.5, 0.6) is 0 Å². The van der Waals surface area contributed by atoms with Gasteiger partial charge in [0.2, 0.25) is 0 Å². The number of hydrogen-bond donors (Lipinski definition) is 2. The molecule has 0 fully saturated rings. The molecule has 0 saturated carbocycles. The maximum Gasteiger partial charge on any atom is 0.251 e. The summed E-state index contributed by atoms with van der Waals surface area (Å²) in [6.45, 7) is 1.84. The van der Waals surface area contributed by atoms with E-state index in [1.807, 2.05) is 6.92 Å². The second kappa shape index (κ2) is 5.14. The molecule has 0 aliphatic rings. The molecule has 1 atom stereocenters. The van der Waals surface area contributed by atoms with Crippen LogP contribution in [0.3, 0.4) is 0 Å². The van der Waals surface area contributed by atoms with Crippen LogP contribution in [0.25, 0.3) is 0 Å². The molecule has 1 aromatic heterocycles. The van der Waals surface area contributed by atoms with Gasteiger partial charge in [0.05, 0.1) is 23.0 Å². The second-order valence-corrected chi connectivity index (χ2v) is 4.35. The summed E-state index contributed by atoms with van der Waals surface area (Å²) < 4.78 is 5.21. The first kappa shape index (κ1) is 12.5. The SMILES string of the molecule is C[C@@H](NC(=O)c1ccc(N)c(Cl)c1)c1ccco1. The largest absolute Gasteiger partial charge is 0.467 e. The molecule has 1 aromatic carbocycles. The molecule has 3 N–H and O–H groups in total. The van der Waals surface area contributed by atoms with Crippen molar-refractivity contribution in [1.82, 2.24) is 5.32 Å². The minimum absolute atomic E-state index is 0.205. The number of nitrogen functional groups attached to an aromatic ring is 1. The highest BCUT2D eigenvalue weighted by Crippen LogP contribution is 2.20. The van der Waals surface area contributed by atoms with Crippen molar-refractivity contribution in [2.75, 3.05) is 5.73 Å². The van der Waals surface area contributed by atoms with Gasteiger partial charge in [0.15, 0.2) is 0 Å². The Morgan fingerprint density at radius 2 is 2.22 bits per heavy atom. The molecule has 4 nitrogen and oxygen atoms in total. The average molecular weight is 265 g/mol. The molecule has 94 valence electrons. The van der Waals surface area contributed by atoms with E-state index in [0.29, 0.717) is 22.0 Å². The van der Waals surface area contributed by atoms with E-state index in [1.54, 1.807) is 36.6 Å². The Morgan fingerprint density at radius 3 is 2.83 bits per heavy atom. The van der Waals surface area contributed by atoms with Gasteiger partial charge in [-0.15, -0.1) is 0 Å². The predicted molar refractivity (Wildman–Crippen MR) is 70.5 cm³/mol. The second-order valence-electron chi connectivity index (χ2n) is 3.95. The van der Waals surface area contributed by atoms with E-state index in [2.05, 4.69) is 5.32 Å². The van der Waals surface area contributed by atoms with E-state index in [9.17, 15) is 4.79 Å². The lowest BCUT2D eigenvalue weighted by molar-refractivity contribution is 0.0935. The lowest BCUT2D eigenvalue weighted by Gasteiger charge is -2.11. The summed E-state index contributed by atoms with van der Waals surface area (Å²) in [7, 11) is 0. The Kier molecular flexibility index (Phi) is 3.58. The number of nitrogens with two attached hydrogens (primary N) is 1. The van der Waals surface area contributed by atoms with E-state index in [0.717, 1.165) is 0 Å².